The predicted molar refractivity (Wildman–Crippen MR) is 55.7 cm³/mol. The molecule has 0 aromatic carbocycles. The molecule has 14 heavy (non-hydrogen) atoms. The average molecular weight is 191 g/mol. The van der Waals surface area contributed by atoms with Crippen LogP contribution in [0.4, 0.5) is 0 Å². The zero-order chi connectivity index (χ0) is 10.6. The summed E-state index contributed by atoms with van der Waals surface area (Å²) >= 11 is 0. The number of rotatable bonds is 3. The summed E-state index contributed by atoms with van der Waals surface area (Å²) in [5.74, 6) is 0.184. The molecule has 0 spiro atoms. The van der Waals surface area contributed by atoms with E-state index in [-0.39, 0.29) is 11.8 Å². The van der Waals surface area contributed by atoms with Crippen molar-refractivity contribution >= 4 is 6.29 Å². The van der Waals surface area contributed by atoms with Crippen molar-refractivity contribution in [2.45, 2.75) is 13.0 Å². The third-order valence-corrected chi connectivity index (χ3v) is 2.05. The van der Waals surface area contributed by atoms with Gasteiger partial charge in [0, 0.05) is 0 Å². The van der Waals surface area contributed by atoms with Crippen LogP contribution in [0, 0.1) is 0 Å². The Morgan fingerprint density at radius 1 is 1.64 bits per heavy atom. The second-order valence-corrected chi connectivity index (χ2v) is 2.90. The van der Waals surface area contributed by atoms with Gasteiger partial charge in [0.15, 0.2) is 6.29 Å². The van der Waals surface area contributed by atoms with Crippen molar-refractivity contribution < 1.29 is 9.90 Å². The van der Waals surface area contributed by atoms with Gasteiger partial charge in [-0.2, -0.15) is 0 Å². The van der Waals surface area contributed by atoms with Crippen LogP contribution >= 0.6 is 0 Å². The zero-order valence-electron chi connectivity index (χ0n) is 8.03. The van der Waals surface area contributed by atoms with E-state index in [4.69, 9.17) is 0 Å². The fourth-order valence-corrected chi connectivity index (χ4v) is 1.25. The first kappa shape index (κ1) is 10.3. The van der Waals surface area contributed by atoms with Crippen LogP contribution in [0.2, 0.25) is 0 Å². The van der Waals surface area contributed by atoms with Crippen molar-refractivity contribution in [3.05, 3.63) is 47.9 Å². The monoisotopic (exact) mass is 191 g/mol. The molecule has 0 saturated carbocycles. The van der Waals surface area contributed by atoms with E-state index in [1.165, 1.54) is 0 Å². The quantitative estimate of drug-likeness (QED) is 0.526. The Morgan fingerprint density at radius 2 is 2.36 bits per heavy atom. The molecule has 2 N–H and O–H groups in total. The first-order chi connectivity index (χ1) is 6.72. The fourth-order valence-electron chi connectivity index (χ4n) is 1.25. The van der Waals surface area contributed by atoms with Crippen molar-refractivity contribution in [1.82, 2.24) is 5.32 Å². The first-order valence-corrected chi connectivity index (χ1v) is 4.34. The standard InChI is InChI=1S/C11H13NO2/c1-3-8-5-6-9(7-13)12-11(8)10(14)4-2/h3-7,11-12,14H,1H2,2H3/b10-4+. The van der Waals surface area contributed by atoms with Gasteiger partial charge in [-0.25, -0.2) is 0 Å². The lowest BCUT2D eigenvalue weighted by Gasteiger charge is -2.23. The molecule has 0 aromatic heterocycles. The highest BCUT2D eigenvalue weighted by Crippen LogP contribution is 2.16. The van der Waals surface area contributed by atoms with Gasteiger partial charge >= 0.3 is 0 Å². The molecule has 0 aromatic rings. The van der Waals surface area contributed by atoms with E-state index >= 15 is 0 Å². The van der Waals surface area contributed by atoms with Gasteiger partial charge in [-0.3, -0.25) is 4.79 Å². The van der Waals surface area contributed by atoms with Crippen molar-refractivity contribution in [3.63, 3.8) is 0 Å². The number of nitrogens with one attached hydrogen (secondary N) is 1. The summed E-state index contributed by atoms with van der Waals surface area (Å²) in [4.78, 5) is 10.5. The molecule has 0 bridgehead atoms. The van der Waals surface area contributed by atoms with Gasteiger partial charge in [-0.1, -0.05) is 18.7 Å². The van der Waals surface area contributed by atoms with E-state index in [1.807, 2.05) is 0 Å². The molecule has 0 amide bonds. The number of carbonyl (C=O) groups is 1. The van der Waals surface area contributed by atoms with Gasteiger partial charge < -0.3 is 10.4 Å². The molecule has 0 radical (unpaired) electrons. The summed E-state index contributed by atoms with van der Waals surface area (Å²) in [6.07, 6.45) is 7.37. The topological polar surface area (TPSA) is 49.3 Å². The molecule has 74 valence electrons. The molecule has 0 aliphatic carbocycles. The Balaban J connectivity index is 2.99. The maximum absolute atomic E-state index is 10.5. The minimum absolute atomic E-state index is 0.184. The summed E-state index contributed by atoms with van der Waals surface area (Å²) in [5, 5.41) is 12.5. The zero-order valence-corrected chi connectivity index (χ0v) is 8.03. The number of aliphatic hydroxyl groups is 1. The Morgan fingerprint density at radius 3 is 2.86 bits per heavy atom. The summed E-state index contributed by atoms with van der Waals surface area (Å²) < 4.78 is 0. The van der Waals surface area contributed by atoms with Gasteiger partial charge in [0.2, 0.25) is 0 Å². The molecular formula is C11H13NO2. The highest BCUT2D eigenvalue weighted by molar-refractivity contribution is 5.74. The molecule has 0 saturated heterocycles. The molecule has 1 heterocycles. The van der Waals surface area contributed by atoms with Crippen LogP contribution in [0.1, 0.15) is 6.92 Å². The van der Waals surface area contributed by atoms with E-state index in [0.29, 0.717) is 12.0 Å². The van der Waals surface area contributed by atoms with Crippen molar-refractivity contribution in [2.24, 2.45) is 0 Å². The normalized spacial score (nSPS) is 21.8. The number of aldehydes is 1. The number of hydrogen-bond acceptors (Lipinski definition) is 3. The molecule has 1 rings (SSSR count). The number of dihydropyridines is 1. The largest absolute Gasteiger partial charge is 0.510 e. The second kappa shape index (κ2) is 4.46. The van der Waals surface area contributed by atoms with E-state index in [0.717, 1.165) is 5.57 Å². The SMILES string of the molecule is C=CC1=CC=C(C=O)NC1/C(O)=C\C. The molecule has 1 unspecified atom stereocenters. The lowest BCUT2D eigenvalue weighted by molar-refractivity contribution is -0.105. The maximum atomic E-state index is 10.5. The van der Waals surface area contributed by atoms with Gasteiger partial charge in [0.1, 0.15) is 11.8 Å². The summed E-state index contributed by atoms with van der Waals surface area (Å²) in [6, 6.07) is -0.359. The van der Waals surface area contributed by atoms with Crippen LogP contribution in [-0.2, 0) is 4.79 Å². The Labute approximate surface area is 83.1 Å². The molecular weight excluding hydrogens is 178 g/mol. The summed E-state index contributed by atoms with van der Waals surface area (Å²) in [7, 11) is 0. The van der Waals surface area contributed by atoms with E-state index in [1.54, 1.807) is 31.2 Å². The average Bonchev–Trinajstić information content (AvgIpc) is 2.27. The Hall–Kier alpha value is -1.77. The number of hydrogen-bond donors (Lipinski definition) is 2. The Bertz CT molecular complexity index is 337. The molecule has 1 aliphatic rings. The molecule has 1 aliphatic heterocycles. The molecule has 1 atom stereocenters. The Kier molecular flexibility index (Phi) is 3.29. The van der Waals surface area contributed by atoms with Gasteiger partial charge in [0.25, 0.3) is 0 Å². The van der Waals surface area contributed by atoms with Crippen LogP contribution in [-0.4, -0.2) is 17.4 Å². The third kappa shape index (κ3) is 1.93. The lowest BCUT2D eigenvalue weighted by Crippen LogP contribution is -2.34. The van der Waals surface area contributed by atoms with Crippen LogP contribution < -0.4 is 5.32 Å². The van der Waals surface area contributed by atoms with Crippen LogP contribution in [0.15, 0.2) is 47.9 Å². The van der Waals surface area contributed by atoms with Gasteiger partial charge in [0.05, 0.1) is 5.70 Å². The van der Waals surface area contributed by atoms with Crippen molar-refractivity contribution in [1.29, 1.82) is 0 Å². The van der Waals surface area contributed by atoms with Crippen LogP contribution in [0.25, 0.3) is 0 Å². The predicted octanol–water partition coefficient (Wildman–Crippen LogP) is 1.62. The molecule has 0 fully saturated rings. The number of carbonyl (C=O) groups excluding carboxylic acids is 1. The van der Waals surface area contributed by atoms with Gasteiger partial charge in [-0.15, -0.1) is 0 Å². The van der Waals surface area contributed by atoms with Gasteiger partial charge in [-0.05, 0) is 24.6 Å². The number of aliphatic hydroxyl groups excluding tert-OH is 1. The third-order valence-electron chi connectivity index (χ3n) is 2.05. The molecule has 3 nitrogen and oxygen atoms in total. The van der Waals surface area contributed by atoms with Crippen LogP contribution in [0.5, 0.6) is 0 Å². The second-order valence-electron chi connectivity index (χ2n) is 2.90. The number of allylic oxidation sites excluding steroid dienone is 4. The van der Waals surface area contributed by atoms with Crippen molar-refractivity contribution in [3.8, 4) is 0 Å². The van der Waals surface area contributed by atoms with Crippen LogP contribution in [0.3, 0.4) is 0 Å². The minimum atomic E-state index is -0.359. The highest BCUT2D eigenvalue weighted by Gasteiger charge is 2.19. The fraction of sp³-hybridized carbons (Fsp3) is 0.182. The lowest BCUT2D eigenvalue weighted by atomic mass is 10.0. The maximum Gasteiger partial charge on any atom is 0.165 e. The molecule has 3 heteroatoms. The van der Waals surface area contributed by atoms with Crippen molar-refractivity contribution in [2.75, 3.05) is 0 Å². The summed E-state index contributed by atoms with van der Waals surface area (Å²) in [5.41, 5.74) is 1.29. The highest BCUT2D eigenvalue weighted by atomic mass is 16.3. The smallest absolute Gasteiger partial charge is 0.165 e. The van der Waals surface area contributed by atoms with E-state index < -0.39 is 0 Å². The summed E-state index contributed by atoms with van der Waals surface area (Å²) in [6.45, 7) is 5.37. The van der Waals surface area contributed by atoms with E-state index in [2.05, 4.69) is 11.9 Å². The minimum Gasteiger partial charge on any atom is -0.510 e. The first-order valence-electron chi connectivity index (χ1n) is 4.34. The van der Waals surface area contributed by atoms with E-state index in [9.17, 15) is 9.90 Å².